The van der Waals surface area contributed by atoms with E-state index in [1.165, 1.54) is 0 Å². The molecule has 3 amide bonds. The third-order valence-corrected chi connectivity index (χ3v) is 5.00. The molecule has 9 heteroatoms. The number of nitrogens with two attached hydrogens (primary N) is 1. The first kappa shape index (κ1) is 23.3. The van der Waals surface area contributed by atoms with Crippen molar-refractivity contribution in [2.75, 3.05) is 11.9 Å². The van der Waals surface area contributed by atoms with Gasteiger partial charge in [-0.25, -0.2) is 9.48 Å². The van der Waals surface area contributed by atoms with Crippen LogP contribution in [0.15, 0.2) is 30.5 Å². The SMILES string of the molecule is CCCC[C@@H](C)c1cn([C@@H](CCCNC(N)=O)C(=O)Nc2ccc(CO)cc2)nn1. The first-order chi connectivity index (χ1) is 14.4. The van der Waals surface area contributed by atoms with E-state index in [0.717, 1.165) is 30.5 Å². The number of aliphatic hydroxyl groups excluding tert-OH is 1. The van der Waals surface area contributed by atoms with Gasteiger partial charge in [0.15, 0.2) is 0 Å². The van der Waals surface area contributed by atoms with Crippen molar-refractivity contribution in [2.45, 2.75) is 64.5 Å². The van der Waals surface area contributed by atoms with E-state index in [-0.39, 0.29) is 18.4 Å². The number of nitrogens with one attached hydrogen (secondary N) is 2. The smallest absolute Gasteiger partial charge is 0.312 e. The molecule has 1 heterocycles. The number of carbonyl (C=O) groups excluding carboxylic acids is 2. The van der Waals surface area contributed by atoms with Crippen LogP contribution in [0.2, 0.25) is 0 Å². The molecule has 2 aromatic rings. The number of rotatable bonds is 12. The molecule has 0 aliphatic rings. The van der Waals surface area contributed by atoms with Gasteiger partial charge in [-0.15, -0.1) is 5.10 Å². The molecular formula is C21H32N6O3. The molecule has 2 atom stereocenters. The molecule has 5 N–H and O–H groups in total. The summed E-state index contributed by atoms with van der Waals surface area (Å²) in [5, 5.41) is 23.1. The summed E-state index contributed by atoms with van der Waals surface area (Å²) in [6, 6.07) is 5.84. The summed E-state index contributed by atoms with van der Waals surface area (Å²) in [5.74, 6) is 0.0495. The van der Waals surface area contributed by atoms with Gasteiger partial charge in [0.2, 0.25) is 5.91 Å². The summed E-state index contributed by atoms with van der Waals surface area (Å²) in [6.45, 7) is 4.58. The second kappa shape index (κ2) is 11.9. The normalized spacial score (nSPS) is 12.9. The van der Waals surface area contributed by atoms with E-state index in [2.05, 4.69) is 34.8 Å². The van der Waals surface area contributed by atoms with Gasteiger partial charge in [0.25, 0.3) is 0 Å². The number of primary amides is 1. The topological polar surface area (TPSA) is 135 Å². The van der Waals surface area contributed by atoms with Gasteiger partial charge in [-0.2, -0.15) is 0 Å². The molecule has 0 fully saturated rings. The van der Waals surface area contributed by atoms with Gasteiger partial charge in [0.05, 0.1) is 12.3 Å². The number of benzene rings is 1. The molecule has 30 heavy (non-hydrogen) atoms. The quantitative estimate of drug-likeness (QED) is 0.395. The van der Waals surface area contributed by atoms with Crippen LogP contribution >= 0.6 is 0 Å². The van der Waals surface area contributed by atoms with Gasteiger partial charge >= 0.3 is 6.03 Å². The van der Waals surface area contributed by atoms with E-state index in [1.54, 1.807) is 28.9 Å². The predicted molar refractivity (Wildman–Crippen MR) is 115 cm³/mol. The first-order valence-corrected chi connectivity index (χ1v) is 10.4. The largest absolute Gasteiger partial charge is 0.392 e. The van der Waals surface area contributed by atoms with Gasteiger partial charge < -0.3 is 21.5 Å². The number of carbonyl (C=O) groups is 2. The van der Waals surface area contributed by atoms with Crippen molar-refractivity contribution in [3.63, 3.8) is 0 Å². The summed E-state index contributed by atoms with van der Waals surface area (Å²) in [7, 11) is 0. The van der Waals surface area contributed by atoms with Gasteiger partial charge in [-0.3, -0.25) is 4.79 Å². The van der Waals surface area contributed by atoms with Crippen molar-refractivity contribution in [1.82, 2.24) is 20.3 Å². The Bertz CT molecular complexity index is 805. The lowest BCUT2D eigenvalue weighted by Crippen LogP contribution is -2.31. The molecule has 0 bridgehead atoms. The van der Waals surface area contributed by atoms with Crippen molar-refractivity contribution >= 4 is 17.6 Å². The summed E-state index contributed by atoms with van der Waals surface area (Å²) in [6.07, 6.45) is 6.11. The Hall–Kier alpha value is -2.94. The monoisotopic (exact) mass is 416 g/mol. The number of hydrogen-bond acceptors (Lipinski definition) is 5. The number of amides is 3. The summed E-state index contributed by atoms with van der Waals surface area (Å²) >= 11 is 0. The Morgan fingerprint density at radius 3 is 2.57 bits per heavy atom. The second-order valence-electron chi connectivity index (χ2n) is 7.46. The van der Waals surface area contributed by atoms with Gasteiger partial charge in [-0.1, -0.05) is 44.0 Å². The maximum absolute atomic E-state index is 13.0. The average molecular weight is 417 g/mol. The van der Waals surface area contributed by atoms with E-state index in [1.807, 2.05) is 6.20 Å². The Kier molecular flexibility index (Phi) is 9.27. The maximum atomic E-state index is 13.0. The molecule has 0 saturated heterocycles. The zero-order valence-corrected chi connectivity index (χ0v) is 17.7. The maximum Gasteiger partial charge on any atom is 0.312 e. The highest BCUT2D eigenvalue weighted by atomic mass is 16.3. The molecule has 164 valence electrons. The van der Waals surface area contributed by atoms with Crippen LogP contribution in [-0.2, 0) is 11.4 Å². The highest BCUT2D eigenvalue weighted by Gasteiger charge is 2.23. The minimum atomic E-state index is -0.590. The van der Waals surface area contributed by atoms with Gasteiger partial charge in [-0.05, 0) is 37.0 Å². The van der Waals surface area contributed by atoms with Crippen molar-refractivity contribution in [3.05, 3.63) is 41.7 Å². The van der Waals surface area contributed by atoms with E-state index in [4.69, 9.17) is 10.8 Å². The molecule has 0 radical (unpaired) electrons. The molecule has 9 nitrogen and oxygen atoms in total. The van der Waals surface area contributed by atoms with E-state index in [0.29, 0.717) is 25.1 Å². The lowest BCUT2D eigenvalue weighted by atomic mass is 10.0. The van der Waals surface area contributed by atoms with Crippen molar-refractivity contribution in [1.29, 1.82) is 0 Å². The summed E-state index contributed by atoms with van der Waals surface area (Å²) in [5.41, 5.74) is 7.37. The molecular weight excluding hydrogens is 384 g/mol. The predicted octanol–water partition coefficient (Wildman–Crippen LogP) is 2.69. The fourth-order valence-corrected chi connectivity index (χ4v) is 3.14. The van der Waals surface area contributed by atoms with Gasteiger partial charge in [0.1, 0.15) is 6.04 Å². The lowest BCUT2D eigenvalue weighted by Gasteiger charge is -2.17. The number of nitrogens with zero attached hydrogens (tertiary/aromatic N) is 3. The zero-order chi connectivity index (χ0) is 21.9. The third-order valence-electron chi connectivity index (χ3n) is 5.00. The van der Waals surface area contributed by atoms with Crippen LogP contribution in [0.3, 0.4) is 0 Å². The van der Waals surface area contributed by atoms with Crippen molar-refractivity contribution in [3.8, 4) is 0 Å². The molecule has 1 aromatic carbocycles. The molecule has 2 rings (SSSR count). The van der Waals surface area contributed by atoms with Crippen LogP contribution in [0.1, 0.15) is 69.2 Å². The highest BCUT2D eigenvalue weighted by molar-refractivity contribution is 5.93. The molecule has 0 aliphatic carbocycles. The number of unbranched alkanes of at least 4 members (excludes halogenated alkanes) is 1. The number of urea groups is 1. The van der Waals surface area contributed by atoms with E-state index >= 15 is 0 Å². The number of aromatic nitrogens is 3. The fraction of sp³-hybridized carbons (Fsp3) is 0.524. The lowest BCUT2D eigenvalue weighted by molar-refractivity contribution is -0.119. The number of hydrogen-bond donors (Lipinski definition) is 4. The molecule has 1 aromatic heterocycles. The third kappa shape index (κ3) is 7.14. The van der Waals surface area contributed by atoms with Crippen LogP contribution in [0.25, 0.3) is 0 Å². The Balaban J connectivity index is 2.11. The fourth-order valence-electron chi connectivity index (χ4n) is 3.14. The number of anilines is 1. The minimum Gasteiger partial charge on any atom is -0.392 e. The standard InChI is InChI=1S/C21H32N6O3/c1-3-4-6-15(2)18-13-27(26-25-18)19(7-5-12-23-21(22)30)20(29)24-17-10-8-16(14-28)9-11-17/h8-11,13,15,19,28H,3-7,12,14H2,1-2H3,(H,24,29)(H3,22,23,30)/t15-,19+/m1/s1. The summed E-state index contributed by atoms with van der Waals surface area (Å²) in [4.78, 5) is 23.9. The van der Waals surface area contributed by atoms with Crippen LogP contribution < -0.4 is 16.4 Å². The van der Waals surface area contributed by atoms with E-state index < -0.39 is 12.1 Å². The average Bonchev–Trinajstić information content (AvgIpc) is 3.22. The van der Waals surface area contributed by atoms with Crippen molar-refractivity contribution in [2.24, 2.45) is 5.73 Å². The first-order valence-electron chi connectivity index (χ1n) is 10.4. The summed E-state index contributed by atoms with van der Waals surface area (Å²) < 4.78 is 1.60. The van der Waals surface area contributed by atoms with Crippen molar-refractivity contribution < 1.29 is 14.7 Å². The van der Waals surface area contributed by atoms with Crippen LogP contribution in [0.5, 0.6) is 0 Å². The van der Waals surface area contributed by atoms with Gasteiger partial charge in [0, 0.05) is 24.3 Å². The second-order valence-corrected chi connectivity index (χ2v) is 7.46. The Morgan fingerprint density at radius 2 is 1.93 bits per heavy atom. The Labute approximate surface area is 177 Å². The van der Waals surface area contributed by atoms with Crippen LogP contribution in [0.4, 0.5) is 10.5 Å². The molecule has 0 unspecified atom stereocenters. The minimum absolute atomic E-state index is 0.0539. The molecule has 0 aliphatic heterocycles. The van der Waals surface area contributed by atoms with Crippen LogP contribution in [-0.4, -0.2) is 38.6 Å². The van der Waals surface area contributed by atoms with E-state index in [9.17, 15) is 9.59 Å². The molecule has 0 spiro atoms. The van der Waals surface area contributed by atoms with Crippen LogP contribution in [0, 0.1) is 0 Å². The number of aliphatic hydroxyl groups is 1. The highest BCUT2D eigenvalue weighted by Crippen LogP contribution is 2.22. The Morgan fingerprint density at radius 1 is 1.20 bits per heavy atom. The molecule has 0 saturated carbocycles. The zero-order valence-electron chi connectivity index (χ0n) is 17.7.